The standard InChI is InChI=1S/C32H34BrN5O7/c1-34-30(42)24(39)8-7-22(35-31(43)26-14-20-21(33)4-2-6-25(20)45-26)29(41)36-23-5-3-9-38(32(23)44)15-27(40)37-28-18-11-16-10-17(13-18)19(28)12-16/h2-6,9,14,16-19,22,28H,7-8,10-13,15H2,1H3,(H,34,42)(H,35,43)(H,36,41)(H,37,40)/t16?,17?,18?,19?,22-,28?/m0/s1. The number of pyridine rings is 1. The lowest BCUT2D eigenvalue weighted by Gasteiger charge is -2.32. The van der Waals surface area contributed by atoms with Crippen LogP contribution in [0.25, 0.3) is 11.0 Å². The zero-order valence-corrected chi connectivity index (χ0v) is 26.2. The maximum absolute atomic E-state index is 13.4. The summed E-state index contributed by atoms with van der Waals surface area (Å²) < 4.78 is 7.59. The minimum Gasteiger partial charge on any atom is -0.451 e. The Morgan fingerprint density at radius 3 is 2.60 bits per heavy atom. The first kappa shape index (κ1) is 30.8. The molecule has 4 aliphatic carbocycles. The second-order valence-corrected chi connectivity index (χ2v) is 13.1. The number of nitrogens with zero attached hydrogens (tertiary/aromatic N) is 1. The first-order chi connectivity index (χ1) is 21.6. The number of carbonyl (C=O) groups is 5. The van der Waals surface area contributed by atoms with Gasteiger partial charge in [0.2, 0.25) is 17.6 Å². The highest BCUT2D eigenvalue weighted by molar-refractivity contribution is 9.10. The molecule has 4 saturated carbocycles. The fourth-order valence-electron chi connectivity index (χ4n) is 7.49. The van der Waals surface area contributed by atoms with Gasteiger partial charge in [0.15, 0.2) is 5.76 Å². The predicted molar refractivity (Wildman–Crippen MR) is 167 cm³/mol. The highest BCUT2D eigenvalue weighted by Gasteiger charge is 2.54. The number of likely N-dealkylation sites (N-methyl/N-ethyl adjacent to an activating group) is 1. The largest absolute Gasteiger partial charge is 0.451 e. The maximum atomic E-state index is 13.4. The quantitative estimate of drug-likeness (QED) is 0.226. The average molecular weight is 681 g/mol. The van der Waals surface area contributed by atoms with Crippen molar-refractivity contribution < 1.29 is 28.4 Å². The molecule has 1 aromatic carbocycles. The van der Waals surface area contributed by atoms with Crippen LogP contribution in [0.15, 0.2) is 56.3 Å². The van der Waals surface area contributed by atoms with Gasteiger partial charge in [0.25, 0.3) is 17.4 Å². The van der Waals surface area contributed by atoms with Gasteiger partial charge < -0.3 is 30.3 Å². The van der Waals surface area contributed by atoms with Crippen molar-refractivity contribution in [2.75, 3.05) is 12.4 Å². The number of aromatic nitrogens is 1. The van der Waals surface area contributed by atoms with Gasteiger partial charge in [-0.1, -0.05) is 22.0 Å². The molecule has 5 unspecified atom stereocenters. The molecule has 4 aliphatic rings. The third-order valence-electron chi connectivity index (χ3n) is 9.47. The first-order valence-electron chi connectivity index (χ1n) is 15.1. The lowest BCUT2D eigenvalue weighted by molar-refractivity contribution is -0.137. The molecule has 4 N–H and O–H groups in total. The molecule has 0 saturated heterocycles. The number of hydrogen-bond acceptors (Lipinski definition) is 7. The number of amides is 4. The number of rotatable bonds is 11. The van der Waals surface area contributed by atoms with Gasteiger partial charge in [0.05, 0.1) is 0 Å². The highest BCUT2D eigenvalue weighted by atomic mass is 79.9. The number of carbonyl (C=O) groups excluding carboxylic acids is 5. The molecule has 4 amide bonds. The van der Waals surface area contributed by atoms with Gasteiger partial charge in [-0.3, -0.25) is 28.8 Å². The number of benzene rings is 1. The summed E-state index contributed by atoms with van der Waals surface area (Å²) in [5.41, 5.74) is -0.242. The summed E-state index contributed by atoms with van der Waals surface area (Å²) in [6, 6.07) is 8.52. The van der Waals surface area contributed by atoms with Crippen molar-refractivity contribution in [3.8, 4) is 0 Å². The van der Waals surface area contributed by atoms with E-state index in [-0.39, 0.29) is 42.8 Å². The molecule has 0 aliphatic heterocycles. The molecular weight excluding hydrogens is 646 g/mol. The molecule has 0 spiro atoms. The fraction of sp³-hybridized carbons (Fsp3) is 0.438. The van der Waals surface area contributed by atoms with Crippen LogP contribution in [0.1, 0.15) is 49.1 Å². The minimum atomic E-state index is -1.30. The molecule has 7 rings (SSSR count). The summed E-state index contributed by atoms with van der Waals surface area (Å²) in [6.07, 6.45) is 5.65. The third kappa shape index (κ3) is 6.31. The van der Waals surface area contributed by atoms with Crippen molar-refractivity contribution in [2.24, 2.45) is 23.7 Å². The molecule has 0 radical (unpaired) electrons. The van der Waals surface area contributed by atoms with Gasteiger partial charge in [-0.25, -0.2) is 0 Å². The summed E-state index contributed by atoms with van der Waals surface area (Å²) >= 11 is 3.41. The van der Waals surface area contributed by atoms with E-state index in [0.717, 1.165) is 25.2 Å². The summed E-state index contributed by atoms with van der Waals surface area (Å²) in [4.78, 5) is 76.8. The van der Waals surface area contributed by atoms with Crippen molar-refractivity contribution >= 4 is 62.0 Å². The SMILES string of the molecule is CNC(=O)C(=O)CC[C@H](NC(=O)c1cc2c(Br)cccc2o1)C(=O)Nc1cccn(CC(=O)NC2C3CC4CC(C3)C2C4)c1=O. The summed E-state index contributed by atoms with van der Waals surface area (Å²) in [6.45, 7) is -0.199. The smallest absolute Gasteiger partial charge is 0.287 e. The van der Waals surface area contributed by atoms with E-state index in [1.54, 1.807) is 24.3 Å². The van der Waals surface area contributed by atoms with E-state index in [2.05, 4.69) is 37.2 Å². The summed E-state index contributed by atoms with van der Waals surface area (Å²) in [5, 5.41) is 11.2. The number of hydrogen-bond donors (Lipinski definition) is 4. The number of nitrogens with one attached hydrogen (secondary N) is 4. The number of halogens is 1. The molecule has 4 fully saturated rings. The molecule has 2 heterocycles. The topological polar surface area (TPSA) is 169 Å². The molecule has 6 atom stereocenters. The molecule has 4 bridgehead atoms. The van der Waals surface area contributed by atoms with Gasteiger partial charge in [0.1, 0.15) is 23.9 Å². The molecule has 12 nitrogen and oxygen atoms in total. The van der Waals surface area contributed by atoms with Crippen LogP contribution in [-0.2, 0) is 25.7 Å². The molecule has 13 heteroatoms. The molecule has 3 aromatic rings. The summed E-state index contributed by atoms with van der Waals surface area (Å²) in [7, 11) is 1.31. The van der Waals surface area contributed by atoms with Crippen LogP contribution in [0, 0.1) is 23.7 Å². The lowest BCUT2D eigenvalue weighted by atomic mass is 9.79. The zero-order valence-electron chi connectivity index (χ0n) is 24.6. The van der Waals surface area contributed by atoms with Crippen molar-refractivity contribution in [3.63, 3.8) is 0 Å². The Labute approximate surface area is 266 Å². The number of fused-ring (bicyclic) bond motifs is 1. The Morgan fingerprint density at radius 1 is 1.04 bits per heavy atom. The van der Waals surface area contributed by atoms with E-state index in [0.29, 0.717) is 33.2 Å². The Morgan fingerprint density at radius 2 is 1.84 bits per heavy atom. The first-order valence-corrected chi connectivity index (χ1v) is 15.9. The van der Waals surface area contributed by atoms with Crippen LogP contribution < -0.4 is 26.8 Å². The van der Waals surface area contributed by atoms with E-state index in [4.69, 9.17) is 4.42 Å². The minimum absolute atomic E-state index is 0.0657. The number of anilines is 1. The van der Waals surface area contributed by atoms with E-state index < -0.39 is 35.1 Å². The van der Waals surface area contributed by atoms with Crippen molar-refractivity contribution in [3.05, 3.63) is 63.2 Å². The number of furan rings is 1. The molecule has 45 heavy (non-hydrogen) atoms. The van der Waals surface area contributed by atoms with Crippen LogP contribution in [0.2, 0.25) is 0 Å². The fourth-order valence-corrected chi connectivity index (χ4v) is 7.95. The van der Waals surface area contributed by atoms with Gasteiger partial charge in [-0.2, -0.15) is 0 Å². The van der Waals surface area contributed by atoms with Gasteiger partial charge in [0, 0.05) is 35.6 Å². The van der Waals surface area contributed by atoms with E-state index in [1.807, 2.05) is 0 Å². The van der Waals surface area contributed by atoms with Gasteiger partial charge >= 0.3 is 0 Å². The third-order valence-corrected chi connectivity index (χ3v) is 10.2. The number of ketones is 1. The maximum Gasteiger partial charge on any atom is 0.287 e. The Bertz CT molecular complexity index is 1740. The lowest BCUT2D eigenvalue weighted by Crippen LogP contribution is -2.46. The normalized spacial score (nSPS) is 23.5. The Hall–Kier alpha value is -4.26. The van der Waals surface area contributed by atoms with Crippen LogP contribution in [0.4, 0.5) is 5.69 Å². The van der Waals surface area contributed by atoms with Gasteiger partial charge in [-0.05, 0) is 86.1 Å². The van der Waals surface area contributed by atoms with Crippen molar-refractivity contribution in [2.45, 2.75) is 57.2 Å². The second-order valence-electron chi connectivity index (χ2n) is 12.3. The second kappa shape index (κ2) is 12.6. The average Bonchev–Trinajstić information content (AvgIpc) is 3.66. The van der Waals surface area contributed by atoms with E-state index in [1.165, 1.54) is 36.4 Å². The molecule has 2 aromatic heterocycles. The van der Waals surface area contributed by atoms with E-state index in [9.17, 15) is 28.8 Å². The van der Waals surface area contributed by atoms with Crippen LogP contribution in [0.3, 0.4) is 0 Å². The number of Topliss-reactive ketones (excluding diaryl/α,β-unsaturated/α-hetero) is 1. The predicted octanol–water partition coefficient (Wildman–Crippen LogP) is 2.74. The van der Waals surface area contributed by atoms with Crippen LogP contribution >= 0.6 is 15.9 Å². The van der Waals surface area contributed by atoms with Crippen molar-refractivity contribution in [1.29, 1.82) is 0 Å². The van der Waals surface area contributed by atoms with Crippen molar-refractivity contribution in [1.82, 2.24) is 20.5 Å². The zero-order chi connectivity index (χ0) is 31.8. The molecular formula is C32H34BrN5O7. The van der Waals surface area contributed by atoms with E-state index >= 15 is 0 Å². The molecule has 236 valence electrons. The monoisotopic (exact) mass is 679 g/mol. The van der Waals surface area contributed by atoms with Crippen LogP contribution in [-0.4, -0.2) is 53.1 Å². The Kier molecular flexibility index (Phi) is 8.63. The summed E-state index contributed by atoms with van der Waals surface area (Å²) in [5.74, 6) is -0.921. The van der Waals surface area contributed by atoms with Gasteiger partial charge in [-0.15, -0.1) is 0 Å². The highest BCUT2D eigenvalue weighted by Crippen LogP contribution is 2.58. The Balaban J connectivity index is 1.14. The van der Waals surface area contributed by atoms with Crippen LogP contribution in [0.5, 0.6) is 0 Å².